The van der Waals surface area contributed by atoms with Gasteiger partial charge in [-0.25, -0.2) is 4.79 Å². The zero-order valence-electron chi connectivity index (χ0n) is 14.0. The molecule has 1 aromatic heterocycles. The van der Waals surface area contributed by atoms with E-state index < -0.39 is 18.2 Å². The van der Waals surface area contributed by atoms with Gasteiger partial charge in [-0.2, -0.15) is 0 Å². The Balaban J connectivity index is 2.16. The largest absolute Gasteiger partial charge is 0.450 e. The lowest BCUT2D eigenvalue weighted by Gasteiger charge is -2.12. The van der Waals surface area contributed by atoms with Gasteiger partial charge in [0.25, 0.3) is 0 Å². The molecule has 6 heteroatoms. The van der Waals surface area contributed by atoms with Crippen LogP contribution in [0.4, 0.5) is 0 Å². The van der Waals surface area contributed by atoms with Crippen LogP contribution in [0.15, 0.2) is 28.7 Å². The van der Waals surface area contributed by atoms with Gasteiger partial charge in [-0.1, -0.05) is 28.1 Å². The summed E-state index contributed by atoms with van der Waals surface area (Å²) in [5, 5.41) is 9.79. The van der Waals surface area contributed by atoms with Crippen molar-refractivity contribution in [3.8, 4) is 0 Å². The van der Waals surface area contributed by atoms with Crippen LogP contribution in [0.1, 0.15) is 57.6 Å². The van der Waals surface area contributed by atoms with E-state index in [0.29, 0.717) is 22.4 Å². The molecule has 2 aromatic rings. The maximum absolute atomic E-state index is 12.4. The molecule has 5 nitrogen and oxygen atoms in total. The number of Topliss-reactive ketones (excluding diaryl/α,β-unsaturated/α-hetero) is 1. The minimum Gasteiger partial charge on any atom is -0.450 e. The van der Waals surface area contributed by atoms with E-state index in [2.05, 4.69) is 20.9 Å². The highest BCUT2D eigenvalue weighted by atomic mass is 79.9. The van der Waals surface area contributed by atoms with Crippen molar-refractivity contribution in [3.63, 3.8) is 0 Å². The third-order valence-corrected chi connectivity index (χ3v) is 4.43. The number of ether oxygens (including phenoxy) is 1. The molecule has 1 aromatic carbocycles. The Bertz CT molecular complexity index is 762. The highest BCUT2D eigenvalue weighted by Crippen LogP contribution is 2.25. The lowest BCUT2D eigenvalue weighted by atomic mass is 10.1. The number of benzene rings is 1. The van der Waals surface area contributed by atoms with Crippen LogP contribution in [0.3, 0.4) is 0 Å². The van der Waals surface area contributed by atoms with E-state index >= 15 is 0 Å². The molecule has 128 valence electrons. The van der Waals surface area contributed by atoms with Gasteiger partial charge in [0.05, 0.1) is 6.10 Å². The monoisotopic (exact) mass is 393 g/mol. The fourth-order valence-corrected chi connectivity index (χ4v) is 2.98. The van der Waals surface area contributed by atoms with E-state index in [0.717, 1.165) is 4.47 Å². The van der Waals surface area contributed by atoms with E-state index in [1.807, 2.05) is 0 Å². The highest BCUT2D eigenvalue weighted by Gasteiger charge is 2.25. The smallest absolute Gasteiger partial charge is 0.355 e. The van der Waals surface area contributed by atoms with E-state index in [1.165, 1.54) is 0 Å². The molecule has 0 spiro atoms. The van der Waals surface area contributed by atoms with Crippen molar-refractivity contribution in [2.75, 3.05) is 0 Å². The number of hydrogen-bond acceptors (Lipinski definition) is 4. The third kappa shape index (κ3) is 3.76. The van der Waals surface area contributed by atoms with Crippen molar-refractivity contribution in [2.24, 2.45) is 0 Å². The maximum Gasteiger partial charge on any atom is 0.355 e. The second kappa shape index (κ2) is 7.32. The molecule has 2 N–H and O–H groups in total. The molecule has 0 unspecified atom stereocenters. The van der Waals surface area contributed by atoms with Crippen molar-refractivity contribution in [1.82, 2.24) is 4.98 Å². The molecule has 0 radical (unpaired) electrons. The average molecular weight is 394 g/mol. The van der Waals surface area contributed by atoms with E-state index in [1.54, 1.807) is 52.0 Å². The molecular weight excluding hydrogens is 374 g/mol. The average Bonchev–Trinajstić information content (AvgIpc) is 2.82. The van der Waals surface area contributed by atoms with Gasteiger partial charge in [-0.05, 0) is 45.4 Å². The zero-order valence-corrected chi connectivity index (χ0v) is 15.6. The Hall–Kier alpha value is -1.92. The lowest BCUT2D eigenvalue weighted by Crippen LogP contribution is -2.25. The summed E-state index contributed by atoms with van der Waals surface area (Å²) in [6.07, 6.45) is -1.60. The predicted molar refractivity (Wildman–Crippen MR) is 94.3 cm³/mol. The number of carbonyl (C=O) groups excluding carboxylic acids is 2. The first kappa shape index (κ1) is 18.4. The van der Waals surface area contributed by atoms with E-state index in [4.69, 9.17) is 4.74 Å². The number of aliphatic hydroxyl groups is 1. The molecule has 2 rings (SSSR count). The predicted octanol–water partition coefficient (Wildman–Crippen LogP) is 3.88. The van der Waals surface area contributed by atoms with Gasteiger partial charge >= 0.3 is 5.97 Å². The van der Waals surface area contributed by atoms with Gasteiger partial charge in [-0.15, -0.1) is 0 Å². The number of aliphatic hydroxyl groups excluding tert-OH is 1. The number of nitrogens with one attached hydrogen (secondary N) is 1. The fraction of sp³-hybridized carbons (Fsp3) is 0.333. The molecular formula is C18H20BrNO4. The number of esters is 1. The molecule has 0 aliphatic rings. The minimum atomic E-state index is -0.906. The number of carbonyl (C=O) groups is 2. The molecule has 0 fully saturated rings. The summed E-state index contributed by atoms with van der Waals surface area (Å²) < 4.78 is 6.17. The van der Waals surface area contributed by atoms with E-state index in [9.17, 15) is 14.7 Å². The number of rotatable bonds is 5. The fourth-order valence-electron chi connectivity index (χ4n) is 2.72. The van der Waals surface area contributed by atoms with Crippen LogP contribution in [0.5, 0.6) is 0 Å². The number of aromatic amines is 1. The molecule has 0 aliphatic heterocycles. The highest BCUT2D eigenvalue weighted by molar-refractivity contribution is 9.10. The van der Waals surface area contributed by atoms with Crippen LogP contribution in [0, 0.1) is 13.8 Å². The summed E-state index contributed by atoms with van der Waals surface area (Å²) in [6, 6.07) is 6.86. The molecule has 0 saturated carbocycles. The van der Waals surface area contributed by atoms with Gasteiger partial charge in [0.2, 0.25) is 5.78 Å². The van der Waals surface area contributed by atoms with Gasteiger partial charge < -0.3 is 14.8 Å². The number of H-pyrrole nitrogens is 1. The second-order valence-corrected chi connectivity index (χ2v) is 6.67. The summed E-state index contributed by atoms with van der Waals surface area (Å²) in [7, 11) is 0. The molecule has 24 heavy (non-hydrogen) atoms. The number of halogens is 1. The van der Waals surface area contributed by atoms with Crippen LogP contribution in [0.25, 0.3) is 0 Å². The van der Waals surface area contributed by atoms with Crippen LogP contribution in [0.2, 0.25) is 0 Å². The van der Waals surface area contributed by atoms with Crippen LogP contribution < -0.4 is 0 Å². The van der Waals surface area contributed by atoms with Gasteiger partial charge in [0.1, 0.15) is 5.69 Å². The SMILES string of the molecule is Cc1[nH]c(C(=O)O[C@@H](C)C(=O)c2ccc(Br)cc2)c(C)c1[C@@H](C)O. The number of aromatic nitrogens is 1. The molecule has 2 atom stereocenters. The Kier molecular flexibility index (Phi) is 5.62. The minimum absolute atomic E-state index is 0.263. The third-order valence-electron chi connectivity index (χ3n) is 3.90. The number of hydrogen-bond donors (Lipinski definition) is 2. The molecule has 0 saturated heterocycles. The van der Waals surface area contributed by atoms with Gasteiger partial charge in [0, 0.05) is 21.3 Å². The molecule has 0 amide bonds. The quantitative estimate of drug-likeness (QED) is 0.596. The summed E-state index contributed by atoms with van der Waals surface area (Å²) in [5.41, 5.74) is 2.76. The molecule has 1 heterocycles. The van der Waals surface area contributed by atoms with Crippen molar-refractivity contribution >= 4 is 27.7 Å². The first-order valence-corrected chi connectivity index (χ1v) is 8.39. The number of aryl methyl sites for hydroxylation is 1. The van der Waals surface area contributed by atoms with E-state index in [-0.39, 0.29) is 11.5 Å². The first-order valence-electron chi connectivity index (χ1n) is 7.60. The maximum atomic E-state index is 12.4. The molecule has 0 bridgehead atoms. The summed E-state index contributed by atoms with van der Waals surface area (Å²) in [4.78, 5) is 27.6. The van der Waals surface area contributed by atoms with Crippen LogP contribution in [-0.4, -0.2) is 27.9 Å². The standard InChI is InChI=1S/C18H20BrNO4/c1-9-15(11(3)21)10(2)20-16(9)18(23)24-12(4)17(22)13-5-7-14(19)8-6-13/h5-8,11-12,20-21H,1-4H3/t11-,12+/m1/s1. The lowest BCUT2D eigenvalue weighted by molar-refractivity contribution is 0.0313. The summed E-state index contributed by atoms with van der Waals surface area (Å²) in [6.45, 7) is 6.70. The Morgan fingerprint density at radius 1 is 1.17 bits per heavy atom. The summed E-state index contributed by atoms with van der Waals surface area (Å²) >= 11 is 3.31. The van der Waals surface area contributed by atoms with Crippen molar-refractivity contribution < 1.29 is 19.4 Å². The van der Waals surface area contributed by atoms with Gasteiger partial charge in [-0.3, -0.25) is 4.79 Å². The van der Waals surface area contributed by atoms with Crippen LogP contribution in [-0.2, 0) is 4.74 Å². The Morgan fingerprint density at radius 2 is 1.75 bits per heavy atom. The van der Waals surface area contributed by atoms with Crippen molar-refractivity contribution in [2.45, 2.75) is 39.9 Å². The normalized spacial score (nSPS) is 13.4. The molecule has 0 aliphatic carbocycles. The van der Waals surface area contributed by atoms with Crippen molar-refractivity contribution in [1.29, 1.82) is 0 Å². The van der Waals surface area contributed by atoms with Crippen LogP contribution >= 0.6 is 15.9 Å². The van der Waals surface area contributed by atoms with Crippen molar-refractivity contribution in [3.05, 3.63) is 56.8 Å². The Morgan fingerprint density at radius 3 is 2.25 bits per heavy atom. The first-order chi connectivity index (χ1) is 11.2. The summed E-state index contributed by atoms with van der Waals surface area (Å²) in [5.74, 6) is -0.881. The Labute approximate surface area is 149 Å². The second-order valence-electron chi connectivity index (χ2n) is 5.76. The van der Waals surface area contributed by atoms with Gasteiger partial charge in [0.15, 0.2) is 6.10 Å². The zero-order chi connectivity index (χ0) is 18.0. The number of ketones is 1. The topological polar surface area (TPSA) is 79.4 Å².